The molecule has 1 aromatic carbocycles. The lowest BCUT2D eigenvalue weighted by Crippen LogP contribution is -2.31. The number of nitrogens with one attached hydrogen (secondary N) is 1. The normalized spacial score (nSPS) is 11.2. The second kappa shape index (κ2) is 6.43. The fourth-order valence-corrected chi connectivity index (χ4v) is 1.74. The molecular formula is C13H16F3N3. The zero-order valence-corrected chi connectivity index (χ0v) is 10.9. The standard InChI is InChI=1S/C13H16F3N3/c1-3-18-8-10-4-5-12(11(6-10)7-17)19(2)9-13(14,15)16/h4-6,18H,3,8-9H2,1-2H3. The molecule has 6 heteroatoms. The molecule has 0 bridgehead atoms. The highest BCUT2D eigenvalue weighted by Crippen LogP contribution is 2.24. The first kappa shape index (κ1) is 15.3. The van der Waals surface area contributed by atoms with Gasteiger partial charge in [-0.25, -0.2) is 0 Å². The molecule has 1 rings (SSSR count). The summed E-state index contributed by atoms with van der Waals surface area (Å²) in [6.45, 7) is 2.26. The molecule has 104 valence electrons. The summed E-state index contributed by atoms with van der Waals surface area (Å²) in [5.74, 6) is 0. The first-order valence-corrected chi connectivity index (χ1v) is 5.89. The molecule has 0 unspecified atom stereocenters. The minimum atomic E-state index is -4.29. The largest absolute Gasteiger partial charge is 0.405 e. The Morgan fingerprint density at radius 3 is 2.58 bits per heavy atom. The summed E-state index contributed by atoms with van der Waals surface area (Å²) < 4.78 is 37.0. The lowest BCUT2D eigenvalue weighted by molar-refractivity contribution is -0.119. The van der Waals surface area contributed by atoms with E-state index in [0.717, 1.165) is 17.0 Å². The minimum Gasteiger partial charge on any atom is -0.365 e. The van der Waals surface area contributed by atoms with Crippen LogP contribution in [0.25, 0.3) is 0 Å². The molecule has 0 aromatic heterocycles. The molecular weight excluding hydrogens is 255 g/mol. The average molecular weight is 271 g/mol. The molecule has 0 aliphatic heterocycles. The first-order valence-electron chi connectivity index (χ1n) is 5.89. The van der Waals surface area contributed by atoms with Gasteiger partial charge in [-0.2, -0.15) is 18.4 Å². The van der Waals surface area contributed by atoms with Gasteiger partial charge < -0.3 is 10.2 Å². The van der Waals surface area contributed by atoms with Crippen molar-refractivity contribution in [1.29, 1.82) is 5.26 Å². The van der Waals surface area contributed by atoms with Crippen molar-refractivity contribution in [2.24, 2.45) is 0 Å². The van der Waals surface area contributed by atoms with Crippen LogP contribution < -0.4 is 10.2 Å². The van der Waals surface area contributed by atoms with Gasteiger partial charge in [0.25, 0.3) is 0 Å². The van der Waals surface area contributed by atoms with Crippen LogP contribution >= 0.6 is 0 Å². The number of alkyl halides is 3. The second-order valence-corrected chi connectivity index (χ2v) is 4.21. The topological polar surface area (TPSA) is 39.1 Å². The summed E-state index contributed by atoms with van der Waals surface area (Å²) in [6, 6.07) is 6.84. The number of hydrogen-bond acceptors (Lipinski definition) is 3. The van der Waals surface area contributed by atoms with Crippen LogP contribution in [0.4, 0.5) is 18.9 Å². The van der Waals surface area contributed by atoms with E-state index in [1.54, 1.807) is 18.2 Å². The molecule has 0 spiro atoms. The van der Waals surface area contributed by atoms with E-state index in [2.05, 4.69) is 5.32 Å². The number of hydrogen-bond donors (Lipinski definition) is 1. The van der Waals surface area contributed by atoms with E-state index in [1.165, 1.54) is 7.05 Å². The van der Waals surface area contributed by atoms with Gasteiger partial charge in [0.1, 0.15) is 12.6 Å². The van der Waals surface area contributed by atoms with Crippen molar-refractivity contribution in [3.8, 4) is 6.07 Å². The maximum atomic E-state index is 12.3. The third kappa shape index (κ3) is 4.79. The maximum absolute atomic E-state index is 12.3. The van der Waals surface area contributed by atoms with Crippen molar-refractivity contribution in [1.82, 2.24) is 5.32 Å². The molecule has 0 amide bonds. The fourth-order valence-electron chi connectivity index (χ4n) is 1.74. The summed E-state index contributed by atoms with van der Waals surface area (Å²) in [5, 5.41) is 12.1. The zero-order valence-electron chi connectivity index (χ0n) is 10.9. The molecule has 0 radical (unpaired) electrons. The molecule has 0 aliphatic rings. The number of halogens is 3. The first-order chi connectivity index (χ1) is 8.87. The monoisotopic (exact) mass is 271 g/mol. The maximum Gasteiger partial charge on any atom is 0.405 e. The van der Waals surface area contributed by atoms with E-state index in [9.17, 15) is 13.2 Å². The molecule has 3 nitrogen and oxygen atoms in total. The van der Waals surface area contributed by atoms with Crippen LogP contribution in [0, 0.1) is 11.3 Å². The summed E-state index contributed by atoms with van der Waals surface area (Å²) in [5.41, 5.74) is 1.42. The van der Waals surface area contributed by atoms with Crippen LogP contribution in [0.1, 0.15) is 18.1 Å². The highest BCUT2D eigenvalue weighted by molar-refractivity contribution is 5.60. The number of rotatable bonds is 5. The molecule has 1 N–H and O–H groups in total. The predicted molar refractivity (Wildman–Crippen MR) is 67.9 cm³/mol. The van der Waals surface area contributed by atoms with Gasteiger partial charge in [0.15, 0.2) is 0 Å². The van der Waals surface area contributed by atoms with Gasteiger partial charge in [0.2, 0.25) is 0 Å². The van der Waals surface area contributed by atoms with Crippen LogP contribution in [-0.4, -0.2) is 26.3 Å². The Kier molecular flexibility index (Phi) is 5.19. The fraction of sp³-hybridized carbons (Fsp3) is 0.462. The molecule has 0 atom stereocenters. The van der Waals surface area contributed by atoms with Gasteiger partial charge in [-0.3, -0.25) is 0 Å². The Hall–Kier alpha value is -1.74. The zero-order chi connectivity index (χ0) is 14.5. The van der Waals surface area contributed by atoms with Gasteiger partial charge in [0.05, 0.1) is 11.3 Å². The lowest BCUT2D eigenvalue weighted by Gasteiger charge is -2.22. The molecule has 1 aromatic rings. The number of anilines is 1. The van der Waals surface area contributed by atoms with Crippen molar-refractivity contribution < 1.29 is 13.2 Å². The van der Waals surface area contributed by atoms with Crippen LogP contribution in [0.15, 0.2) is 18.2 Å². The van der Waals surface area contributed by atoms with E-state index < -0.39 is 12.7 Å². The molecule has 19 heavy (non-hydrogen) atoms. The van der Waals surface area contributed by atoms with Crippen LogP contribution in [-0.2, 0) is 6.54 Å². The predicted octanol–water partition coefficient (Wildman–Crippen LogP) is 2.67. The summed E-state index contributed by atoms with van der Waals surface area (Å²) >= 11 is 0. The van der Waals surface area contributed by atoms with Crippen molar-refractivity contribution >= 4 is 5.69 Å². The quantitative estimate of drug-likeness (QED) is 0.895. The molecule has 0 saturated carbocycles. The molecule has 0 fully saturated rings. The van der Waals surface area contributed by atoms with E-state index in [1.807, 2.05) is 13.0 Å². The Balaban J connectivity index is 2.93. The lowest BCUT2D eigenvalue weighted by atomic mass is 10.1. The summed E-state index contributed by atoms with van der Waals surface area (Å²) in [6.07, 6.45) is -4.29. The van der Waals surface area contributed by atoms with Crippen LogP contribution in [0.5, 0.6) is 0 Å². The number of nitrogens with zero attached hydrogens (tertiary/aromatic N) is 2. The molecule has 0 heterocycles. The van der Waals surface area contributed by atoms with Gasteiger partial charge in [0, 0.05) is 13.6 Å². The smallest absolute Gasteiger partial charge is 0.365 e. The van der Waals surface area contributed by atoms with Crippen LogP contribution in [0.3, 0.4) is 0 Å². The van der Waals surface area contributed by atoms with Crippen molar-refractivity contribution in [3.05, 3.63) is 29.3 Å². The Morgan fingerprint density at radius 2 is 2.05 bits per heavy atom. The summed E-state index contributed by atoms with van der Waals surface area (Å²) in [4.78, 5) is 1.04. The second-order valence-electron chi connectivity index (χ2n) is 4.21. The third-order valence-electron chi connectivity index (χ3n) is 2.59. The van der Waals surface area contributed by atoms with E-state index in [4.69, 9.17) is 5.26 Å². The SMILES string of the molecule is CCNCc1ccc(N(C)CC(F)(F)F)c(C#N)c1. The highest BCUT2D eigenvalue weighted by Gasteiger charge is 2.30. The summed E-state index contributed by atoms with van der Waals surface area (Å²) in [7, 11) is 1.33. The minimum absolute atomic E-state index is 0.252. The van der Waals surface area contributed by atoms with Crippen molar-refractivity contribution in [2.75, 3.05) is 25.0 Å². The van der Waals surface area contributed by atoms with Gasteiger partial charge in [-0.1, -0.05) is 13.0 Å². The Labute approximate surface area is 110 Å². The Morgan fingerprint density at radius 1 is 1.37 bits per heavy atom. The van der Waals surface area contributed by atoms with Crippen molar-refractivity contribution in [3.63, 3.8) is 0 Å². The molecule has 0 aliphatic carbocycles. The van der Waals surface area contributed by atoms with E-state index in [0.29, 0.717) is 12.2 Å². The van der Waals surface area contributed by atoms with Gasteiger partial charge >= 0.3 is 6.18 Å². The highest BCUT2D eigenvalue weighted by atomic mass is 19.4. The third-order valence-corrected chi connectivity index (χ3v) is 2.59. The van der Waals surface area contributed by atoms with Crippen molar-refractivity contribution in [2.45, 2.75) is 19.6 Å². The Bertz CT molecular complexity index is 463. The number of nitriles is 1. The number of benzene rings is 1. The van der Waals surface area contributed by atoms with E-state index in [-0.39, 0.29) is 5.56 Å². The average Bonchev–Trinajstić information content (AvgIpc) is 2.33. The van der Waals surface area contributed by atoms with Crippen LogP contribution in [0.2, 0.25) is 0 Å². The van der Waals surface area contributed by atoms with Gasteiger partial charge in [-0.05, 0) is 24.2 Å². The van der Waals surface area contributed by atoms with Gasteiger partial charge in [-0.15, -0.1) is 0 Å². The van der Waals surface area contributed by atoms with E-state index >= 15 is 0 Å². The molecule has 0 saturated heterocycles.